The Morgan fingerprint density at radius 3 is 2.63 bits per heavy atom. The van der Waals surface area contributed by atoms with Crippen LogP contribution < -0.4 is 10.1 Å². The zero-order valence-corrected chi connectivity index (χ0v) is 16.3. The van der Waals surface area contributed by atoms with Crippen molar-refractivity contribution in [1.29, 1.82) is 0 Å². The Hall–Kier alpha value is -2.30. The molecule has 0 unspecified atom stereocenters. The van der Waals surface area contributed by atoms with Crippen LogP contribution >= 0.6 is 0 Å². The molecular weight excluding hydrogens is 340 g/mol. The monoisotopic (exact) mass is 368 g/mol. The van der Waals surface area contributed by atoms with Gasteiger partial charge in [0.05, 0.1) is 12.8 Å². The number of methoxy groups -OCH3 is 1. The molecular formula is C22H28N2O3. The largest absolute Gasteiger partial charge is 0.497 e. The molecule has 0 spiro atoms. The minimum absolute atomic E-state index is 0.0820. The Morgan fingerprint density at radius 1 is 1.30 bits per heavy atom. The van der Waals surface area contributed by atoms with Crippen LogP contribution in [-0.2, 0) is 11.2 Å². The summed E-state index contributed by atoms with van der Waals surface area (Å²) in [6.45, 7) is 4.49. The van der Waals surface area contributed by atoms with E-state index in [-0.39, 0.29) is 23.3 Å². The highest BCUT2D eigenvalue weighted by molar-refractivity contribution is 5.79. The summed E-state index contributed by atoms with van der Waals surface area (Å²) in [6.07, 6.45) is 5.18. The zero-order chi connectivity index (χ0) is 19.0. The Morgan fingerprint density at radius 2 is 2.04 bits per heavy atom. The molecule has 5 heteroatoms. The van der Waals surface area contributed by atoms with E-state index in [4.69, 9.17) is 9.26 Å². The van der Waals surface area contributed by atoms with Gasteiger partial charge in [0.1, 0.15) is 5.75 Å². The van der Waals surface area contributed by atoms with E-state index in [1.54, 1.807) is 7.11 Å². The van der Waals surface area contributed by atoms with Gasteiger partial charge in [-0.1, -0.05) is 25.4 Å². The maximum Gasteiger partial charge on any atom is 0.223 e. The van der Waals surface area contributed by atoms with E-state index in [0.29, 0.717) is 5.92 Å². The predicted octanol–water partition coefficient (Wildman–Crippen LogP) is 4.22. The van der Waals surface area contributed by atoms with Crippen molar-refractivity contribution in [3.8, 4) is 17.1 Å². The SMILES string of the molecule is COc1ccc(-c2cc(C[C@@H]3C[C@H](NC(=O)C4CCC4)C3(C)C)no2)cc1. The van der Waals surface area contributed by atoms with Crippen LogP contribution in [0.1, 0.15) is 45.2 Å². The number of rotatable bonds is 6. The first-order chi connectivity index (χ1) is 13.0. The fraction of sp³-hybridized carbons (Fsp3) is 0.545. The topological polar surface area (TPSA) is 64.4 Å². The number of nitrogens with zero attached hydrogens (tertiary/aromatic N) is 1. The van der Waals surface area contributed by atoms with Gasteiger partial charge < -0.3 is 14.6 Å². The van der Waals surface area contributed by atoms with E-state index in [0.717, 1.165) is 48.5 Å². The van der Waals surface area contributed by atoms with Crippen LogP contribution in [0, 0.1) is 17.3 Å². The van der Waals surface area contributed by atoms with Crippen molar-refractivity contribution in [3.63, 3.8) is 0 Å². The van der Waals surface area contributed by atoms with Crippen LogP contribution in [-0.4, -0.2) is 24.2 Å². The Labute approximate surface area is 160 Å². The molecule has 2 fully saturated rings. The van der Waals surface area contributed by atoms with Crippen LogP contribution in [0.5, 0.6) is 5.75 Å². The number of carbonyl (C=O) groups is 1. The highest BCUT2D eigenvalue weighted by Crippen LogP contribution is 2.48. The molecule has 1 aromatic heterocycles. The van der Waals surface area contributed by atoms with Crippen LogP contribution in [0.3, 0.4) is 0 Å². The summed E-state index contributed by atoms with van der Waals surface area (Å²) < 4.78 is 10.7. The minimum atomic E-state index is 0.0820. The second kappa shape index (κ2) is 7.02. The Bertz CT molecular complexity index is 805. The molecule has 2 aromatic rings. The van der Waals surface area contributed by atoms with Gasteiger partial charge in [0.25, 0.3) is 0 Å². The van der Waals surface area contributed by atoms with E-state index in [1.165, 1.54) is 6.42 Å². The maximum absolute atomic E-state index is 12.2. The lowest BCUT2D eigenvalue weighted by Gasteiger charge is -2.52. The fourth-order valence-corrected chi connectivity index (χ4v) is 4.12. The number of ether oxygens (including phenoxy) is 1. The second-order valence-electron chi connectivity index (χ2n) is 8.56. The molecule has 4 rings (SSSR count). The van der Waals surface area contributed by atoms with Crippen LogP contribution in [0.25, 0.3) is 11.3 Å². The first-order valence-corrected chi connectivity index (χ1v) is 9.88. The third kappa shape index (κ3) is 3.47. The third-order valence-corrected chi connectivity index (χ3v) is 6.65. The molecule has 0 radical (unpaired) electrons. The minimum Gasteiger partial charge on any atom is -0.497 e. The fourth-order valence-electron chi connectivity index (χ4n) is 4.12. The normalized spacial score (nSPS) is 24.0. The van der Waals surface area contributed by atoms with Gasteiger partial charge in [-0.05, 0) is 61.3 Å². The highest BCUT2D eigenvalue weighted by atomic mass is 16.5. The number of amides is 1. The molecule has 2 aliphatic carbocycles. The summed E-state index contributed by atoms with van der Waals surface area (Å²) in [4.78, 5) is 12.2. The third-order valence-electron chi connectivity index (χ3n) is 6.65. The van der Waals surface area contributed by atoms with Crippen molar-refractivity contribution in [2.75, 3.05) is 7.11 Å². The molecule has 1 heterocycles. The lowest BCUT2D eigenvalue weighted by atomic mass is 9.57. The van der Waals surface area contributed by atoms with Crippen molar-refractivity contribution in [2.45, 2.75) is 52.0 Å². The summed E-state index contributed by atoms with van der Waals surface area (Å²) in [7, 11) is 1.66. The smallest absolute Gasteiger partial charge is 0.223 e. The second-order valence-corrected chi connectivity index (χ2v) is 8.56. The molecule has 1 N–H and O–H groups in total. The number of benzene rings is 1. The number of nitrogens with one attached hydrogen (secondary N) is 1. The Balaban J connectivity index is 1.35. The van der Waals surface area contributed by atoms with Gasteiger partial charge in [-0.25, -0.2) is 0 Å². The predicted molar refractivity (Wildman–Crippen MR) is 103 cm³/mol. The van der Waals surface area contributed by atoms with Gasteiger partial charge in [-0.15, -0.1) is 0 Å². The zero-order valence-electron chi connectivity index (χ0n) is 16.3. The Kier molecular flexibility index (Phi) is 4.70. The van der Waals surface area contributed by atoms with E-state index in [2.05, 4.69) is 24.3 Å². The number of aromatic nitrogens is 1. The first kappa shape index (κ1) is 18.1. The van der Waals surface area contributed by atoms with Gasteiger partial charge in [0.15, 0.2) is 5.76 Å². The van der Waals surface area contributed by atoms with Gasteiger partial charge in [0.2, 0.25) is 5.91 Å². The summed E-state index contributed by atoms with van der Waals surface area (Å²) in [5.74, 6) is 2.60. The number of hydrogen-bond acceptors (Lipinski definition) is 4. The van der Waals surface area contributed by atoms with E-state index >= 15 is 0 Å². The molecule has 2 saturated carbocycles. The lowest BCUT2D eigenvalue weighted by molar-refractivity contribution is -0.132. The molecule has 1 aromatic carbocycles. The van der Waals surface area contributed by atoms with Crippen LogP contribution in [0.4, 0.5) is 0 Å². The first-order valence-electron chi connectivity index (χ1n) is 9.88. The molecule has 0 aliphatic heterocycles. The van der Waals surface area contributed by atoms with Crippen molar-refractivity contribution >= 4 is 5.91 Å². The lowest BCUT2D eigenvalue weighted by Crippen LogP contribution is -2.59. The van der Waals surface area contributed by atoms with Crippen molar-refractivity contribution in [1.82, 2.24) is 10.5 Å². The van der Waals surface area contributed by atoms with Gasteiger partial charge >= 0.3 is 0 Å². The average molecular weight is 368 g/mol. The molecule has 2 aliphatic rings. The molecule has 27 heavy (non-hydrogen) atoms. The quantitative estimate of drug-likeness (QED) is 0.829. The average Bonchev–Trinajstić information content (AvgIpc) is 3.08. The van der Waals surface area contributed by atoms with Gasteiger partial charge in [0, 0.05) is 23.6 Å². The molecule has 5 nitrogen and oxygen atoms in total. The van der Waals surface area contributed by atoms with Crippen molar-refractivity contribution in [3.05, 3.63) is 36.0 Å². The molecule has 2 atom stereocenters. The van der Waals surface area contributed by atoms with Gasteiger partial charge in [-0.3, -0.25) is 4.79 Å². The summed E-state index contributed by atoms with van der Waals surface area (Å²) in [5.41, 5.74) is 2.05. The number of carbonyl (C=O) groups excluding carboxylic acids is 1. The van der Waals surface area contributed by atoms with Gasteiger partial charge in [-0.2, -0.15) is 0 Å². The standard InChI is InChI=1S/C22H28N2O3/c1-22(2)16(12-20(22)23-21(25)15-5-4-6-15)11-17-13-19(27-24-17)14-7-9-18(26-3)10-8-14/h7-10,13,15-16,20H,4-6,11-12H2,1-3H3,(H,23,25)/t16-,20+/m1/s1. The summed E-state index contributed by atoms with van der Waals surface area (Å²) in [5, 5.41) is 7.54. The van der Waals surface area contributed by atoms with E-state index < -0.39 is 0 Å². The molecule has 1 amide bonds. The molecule has 0 bridgehead atoms. The maximum atomic E-state index is 12.2. The van der Waals surface area contributed by atoms with Crippen LogP contribution in [0.15, 0.2) is 34.9 Å². The highest BCUT2D eigenvalue weighted by Gasteiger charge is 2.49. The summed E-state index contributed by atoms with van der Waals surface area (Å²) in [6, 6.07) is 10.1. The molecule has 0 saturated heterocycles. The summed E-state index contributed by atoms with van der Waals surface area (Å²) >= 11 is 0. The van der Waals surface area contributed by atoms with Crippen molar-refractivity contribution in [2.24, 2.45) is 17.3 Å². The molecule has 144 valence electrons. The van der Waals surface area contributed by atoms with E-state index in [1.807, 2.05) is 30.3 Å². The van der Waals surface area contributed by atoms with Crippen molar-refractivity contribution < 1.29 is 14.1 Å². The number of hydrogen-bond donors (Lipinski definition) is 1. The van der Waals surface area contributed by atoms with E-state index in [9.17, 15) is 4.79 Å². The van der Waals surface area contributed by atoms with Crippen LogP contribution in [0.2, 0.25) is 0 Å².